The molecule has 0 fully saturated rings. The highest BCUT2D eigenvalue weighted by Crippen LogP contribution is 2.19. The monoisotopic (exact) mass is 399 g/mol. The van der Waals surface area contributed by atoms with Crippen molar-refractivity contribution in [3.8, 4) is 0 Å². The number of carbonyl (C=O) groups is 1. The molecule has 0 atom stereocenters. The minimum Gasteiger partial charge on any atom is -0.325 e. The highest BCUT2D eigenvalue weighted by molar-refractivity contribution is 7.89. The van der Waals surface area contributed by atoms with Gasteiger partial charge < -0.3 is 10.3 Å². The minimum absolute atomic E-state index is 0.0506. The number of aryl methyl sites for hydroxylation is 1. The van der Waals surface area contributed by atoms with Crippen molar-refractivity contribution >= 4 is 32.5 Å². The number of hydrogen-bond donors (Lipinski definition) is 2. The van der Waals surface area contributed by atoms with Gasteiger partial charge in [0, 0.05) is 24.3 Å². The minimum atomic E-state index is -3.86. The maximum absolute atomic E-state index is 12.8. The second-order valence-corrected chi connectivity index (χ2v) is 8.48. The number of aromatic amines is 1. The summed E-state index contributed by atoms with van der Waals surface area (Å²) in [6, 6.07) is 14.7. The van der Waals surface area contributed by atoms with E-state index in [1.54, 1.807) is 18.2 Å². The number of aromatic nitrogens is 1. The van der Waals surface area contributed by atoms with E-state index in [-0.39, 0.29) is 17.0 Å². The zero-order valence-electron chi connectivity index (χ0n) is 15.6. The quantitative estimate of drug-likeness (QED) is 0.665. The van der Waals surface area contributed by atoms with Crippen LogP contribution in [0.2, 0.25) is 0 Å². The Morgan fingerprint density at radius 3 is 2.46 bits per heavy atom. The van der Waals surface area contributed by atoms with E-state index in [2.05, 4.69) is 10.3 Å². The molecule has 3 aromatic rings. The van der Waals surface area contributed by atoms with Crippen molar-refractivity contribution in [1.82, 2.24) is 9.29 Å². The number of rotatable bonds is 6. The van der Waals surface area contributed by atoms with Crippen LogP contribution in [0.25, 0.3) is 10.9 Å². The molecule has 1 amide bonds. The van der Waals surface area contributed by atoms with Gasteiger partial charge in [0.05, 0.1) is 11.4 Å². The van der Waals surface area contributed by atoms with E-state index in [0.717, 1.165) is 16.3 Å². The predicted molar refractivity (Wildman–Crippen MR) is 109 cm³/mol. The van der Waals surface area contributed by atoms with E-state index < -0.39 is 15.9 Å². The van der Waals surface area contributed by atoms with Crippen LogP contribution in [0.4, 0.5) is 5.69 Å². The lowest BCUT2D eigenvalue weighted by Crippen LogP contribution is -2.35. The first-order chi connectivity index (χ1) is 13.3. The van der Waals surface area contributed by atoms with Gasteiger partial charge in [-0.2, -0.15) is 4.31 Å². The van der Waals surface area contributed by atoms with E-state index in [1.807, 2.05) is 19.1 Å². The Hall–Kier alpha value is -2.97. The maximum Gasteiger partial charge on any atom is 0.248 e. The third-order valence-corrected chi connectivity index (χ3v) is 6.21. The first-order valence-electron chi connectivity index (χ1n) is 8.78. The molecule has 1 aromatic heterocycles. The Balaban J connectivity index is 1.74. The van der Waals surface area contributed by atoms with Crippen LogP contribution in [-0.2, 0) is 21.2 Å². The lowest BCUT2D eigenvalue weighted by Gasteiger charge is -2.17. The topological polar surface area (TPSA) is 99.3 Å². The number of pyridine rings is 1. The van der Waals surface area contributed by atoms with Crippen molar-refractivity contribution in [3.05, 3.63) is 70.5 Å². The Labute approximate surface area is 163 Å². The number of carbonyl (C=O) groups excluding carboxylic acids is 1. The summed E-state index contributed by atoms with van der Waals surface area (Å²) in [6.07, 6.45) is 0.898. The Morgan fingerprint density at radius 1 is 1.07 bits per heavy atom. The Kier molecular flexibility index (Phi) is 5.62. The van der Waals surface area contributed by atoms with Gasteiger partial charge in [-0.15, -0.1) is 0 Å². The van der Waals surface area contributed by atoms with Gasteiger partial charge in [-0.25, -0.2) is 8.42 Å². The van der Waals surface area contributed by atoms with E-state index in [9.17, 15) is 18.0 Å². The van der Waals surface area contributed by atoms with Gasteiger partial charge in [-0.05, 0) is 53.8 Å². The van der Waals surface area contributed by atoms with Crippen molar-refractivity contribution in [1.29, 1.82) is 0 Å². The van der Waals surface area contributed by atoms with Gasteiger partial charge in [-0.1, -0.05) is 19.1 Å². The average Bonchev–Trinajstić information content (AvgIpc) is 2.67. The number of nitrogens with one attached hydrogen (secondary N) is 2. The van der Waals surface area contributed by atoms with E-state index in [1.165, 1.54) is 31.3 Å². The summed E-state index contributed by atoms with van der Waals surface area (Å²) >= 11 is 0. The first kappa shape index (κ1) is 19.8. The molecule has 146 valence electrons. The summed E-state index contributed by atoms with van der Waals surface area (Å²) in [7, 11) is -2.50. The van der Waals surface area contributed by atoms with Crippen LogP contribution >= 0.6 is 0 Å². The molecule has 0 spiro atoms. The summed E-state index contributed by atoms with van der Waals surface area (Å²) in [5.74, 6) is -0.430. The number of H-pyrrole nitrogens is 1. The van der Waals surface area contributed by atoms with E-state index in [0.29, 0.717) is 16.6 Å². The summed E-state index contributed by atoms with van der Waals surface area (Å²) < 4.78 is 26.6. The van der Waals surface area contributed by atoms with Gasteiger partial charge in [-0.3, -0.25) is 9.59 Å². The van der Waals surface area contributed by atoms with Gasteiger partial charge in [0.25, 0.3) is 0 Å². The number of hydrogen-bond acceptors (Lipinski definition) is 4. The number of sulfonamides is 1. The molecule has 0 aliphatic carbocycles. The molecule has 8 heteroatoms. The molecule has 7 nitrogen and oxygen atoms in total. The molecule has 28 heavy (non-hydrogen) atoms. The number of likely N-dealkylation sites (N-methyl/N-ethyl adjacent to an activating group) is 1. The van der Waals surface area contributed by atoms with Crippen LogP contribution in [0, 0.1) is 0 Å². The predicted octanol–water partition coefficient (Wildman–Crippen LogP) is 2.35. The van der Waals surface area contributed by atoms with Crippen LogP contribution in [0.15, 0.2) is 64.3 Å². The fourth-order valence-electron chi connectivity index (χ4n) is 2.78. The SMILES string of the molecule is CCc1ccc(NC(=O)CN(C)S(=O)(=O)c2ccc3[nH]c(=O)ccc3c2)cc1. The maximum atomic E-state index is 12.8. The molecule has 1 heterocycles. The molecule has 2 aromatic carbocycles. The zero-order chi connectivity index (χ0) is 20.3. The third-order valence-electron chi connectivity index (χ3n) is 4.42. The largest absolute Gasteiger partial charge is 0.325 e. The average molecular weight is 399 g/mol. The fraction of sp³-hybridized carbons (Fsp3) is 0.200. The Morgan fingerprint density at radius 2 is 1.79 bits per heavy atom. The molecule has 0 aliphatic heterocycles. The van der Waals surface area contributed by atoms with Gasteiger partial charge in [0.1, 0.15) is 0 Å². The van der Waals surface area contributed by atoms with E-state index >= 15 is 0 Å². The summed E-state index contributed by atoms with van der Waals surface area (Å²) in [4.78, 5) is 26.3. The number of anilines is 1. The zero-order valence-corrected chi connectivity index (χ0v) is 16.4. The van der Waals surface area contributed by atoms with Crippen LogP contribution in [0.1, 0.15) is 12.5 Å². The number of fused-ring (bicyclic) bond motifs is 1. The molecular weight excluding hydrogens is 378 g/mol. The van der Waals surface area contributed by atoms with Gasteiger partial charge in [0.2, 0.25) is 21.5 Å². The lowest BCUT2D eigenvalue weighted by atomic mass is 10.1. The van der Waals surface area contributed by atoms with Crippen LogP contribution in [-0.4, -0.2) is 37.2 Å². The molecule has 0 saturated carbocycles. The van der Waals surface area contributed by atoms with Crippen molar-refractivity contribution in [2.45, 2.75) is 18.2 Å². The molecule has 2 N–H and O–H groups in total. The van der Waals surface area contributed by atoms with Crippen LogP contribution < -0.4 is 10.9 Å². The van der Waals surface area contributed by atoms with Crippen molar-refractivity contribution in [3.63, 3.8) is 0 Å². The van der Waals surface area contributed by atoms with Gasteiger partial charge >= 0.3 is 0 Å². The number of amides is 1. The molecule has 0 saturated heterocycles. The molecule has 0 unspecified atom stereocenters. The second-order valence-electron chi connectivity index (χ2n) is 6.43. The van der Waals surface area contributed by atoms with Crippen molar-refractivity contribution in [2.75, 3.05) is 18.9 Å². The Bertz CT molecular complexity index is 1170. The highest BCUT2D eigenvalue weighted by Gasteiger charge is 2.23. The molecule has 0 aliphatic rings. The lowest BCUT2D eigenvalue weighted by molar-refractivity contribution is -0.116. The second kappa shape index (κ2) is 7.95. The number of nitrogens with zero attached hydrogens (tertiary/aromatic N) is 1. The van der Waals surface area contributed by atoms with E-state index in [4.69, 9.17) is 0 Å². The molecule has 3 rings (SSSR count). The summed E-state index contributed by atoms with van der Waals surface area (Å²) in [5.41, 5.74) is 2.05. The molecular formula is C20H21N3O4S. The van der Waals surface area contributed by atoms with Gasteiger partial charge in [0.15, 0.2) is 0 Å². The van der Waals surface area contributed by atoms with Crippen LogP contribution in [0.3, 0.4) is 0 Å². The standard InChI is InChI=1S/C20H21N3O4S/c1-3-14-4-7-16(8-5-14)21-20(25)13-23(2)28(26,27)17-9-10-18-15(12-17)6-11-19(24)22-18/h4-12H,3,13H2,1-2H3,(H,21,25)(H,22,24). The summed E-state index contributed by atoms with van der Waals surface area (Å²) in [5, 5.41) is 3.29. The normalized spacial score (nSPS) is 11.7. The highest BCUT2D eigenvalue weighted by atomic mass is 32.2. The molecule has 0 bridgehead atoms. The van der Waals surface area contributed by atoms with Crippen molar-refractivity contribution < 1.29 is 13.2 Å². The smallest absolute Gasteiger partial charge is 0.248 e. The van der Waals surface area contributed by atoms with Crippen molar-refractivity contribution in [2.24, 2.45) is 0 Å². The third kappa shape index (κ3) is 4.29. The fourth-order valence-corrected chi connectivity index (χ4v) is 3.95. The number of benzene rings is 2. The first-order valence-corrected chi connectivity index (χ1v) is 10.2. The summed E-state index contributed by atoms with van der Waals surface area (Å²) in [6.45, 7) is 1.72. The molecule has 0 radical (unpaired) electrons. The van der Waals surface area contributed by atoms with Crippen LogP contribution in [0.5, 0.6) is 0 Å².